The number of ether oxygens (including phenoxy) is 3. The summed E-state index contributed by atoms with van der Waals surface area (Å²) in [6.45, 7) is 0.0553. The molecule has 0 radical (unpaired) electrons. The number of aryl methyl sites for hydroxylation is 1. The number of pyridine rings is 1. The molecule has 0 saturated heterocycles. The number of esters is 1. The minimum absolute atomic E-state index is 0.119. The molecule has 4 aromatic rings. The number of nitrogens with zero attached hydrogens (tertiary/aromatic N) is 1. The molecule has 10 heteroatoms. The van der Waals surface area contributed by atoms with Crippen LogP contribution in [0.2, 0.25) is 0 Å². The molecule has 4 heterocycles. The monoisotopic (exact) mass is 514 g/mol. The fourth-order valence-electron chi connectivity index (χ4n) is 4.72. The van der Waals surface area contributed by atoms with Crippen LogP contribution in [0.3, 0.4) is 0 Å². The molecule has 2 aromatic carbocycles. The molecule has 192 valence electrons. The summed E-state index contributed by atoms with van der Waals surface area (Å²) in [6.07, 6.45) is 4.26. The molecule has 6 rings (SSSR count). The maximum atomic E-state index is 13.7. The van der Waals surface area contributed by atoms with Crippen molar-refractivity contribution in [1.29, 1.82) is 0 Å². The topological polar surface area (TPSA) is 115 Å². The van der Waals surface area contributed by atoms with Crippen LogP contribution in [-0.2, 0) is 22.6 Å². The molecule has 2 aliphatic rings. The highest BCUT2D eigenvalue weighted by molar-refractivity contribution is 5.96. The average Bonchev–Trinajstić information content (AvgIpc) is 3.57. The number of urea groups is 1. The van der Waals surface area contributed by atoms with E-state index >= 15 is 0 Å². The van der Waals surface area contributed by atoms with Gasteiger partial charge in [0.25, 0.3) is 0 Å². The zero-order chi connectivity index (χ0) is 26.1. The molecule has 2 aliphatic heterocycles. The number of hydrogen-bond acceptors (Lipinski definition) is 6. The van der Waals surface area contributed by atoms with Gasteiger partial charge in [0, 0.05) is 29.0 Å². The Hall–Kier alpha value is -4.86. The minimum atomic E-state index is -0.784. The molecule has 1 unspecified atom stereocenters. The molecule has 1 atom stereocenters. The lowest BCUT2D eigenvalue weighted by Crippen LogP contribution is -2.46. The molecule has 0 fully saturated rings. The number of hydrogen-bond donors (Lipinski definition) is 3. The van der Waals surface area contributed by atoms with Gasteiger partial charge in [-0.15, -0.1) is 0 Å². The van der Waals surface area contributed by atoms with E-state index in [0.29, 0.717) is 46.8 Å². The van der Waals surface area contributed by atoms with Crippen molar-refractivity contribution in [3.63, 3.8) is 0 Å². The lowest BCUT2D eigenvalue weighted by atomic mass is 9.93. The van der Waals surface area contributed by atoms with Gasteiger partial charge in [-0.2, -0.15) is 0 Å². The van der Waals surface area contributed by atoms with Crippen LogP contribution in [0.1, 0.15) is 29.2 Å². The lowest BCUT2D eigenvalue weighted by molar-refractivity contribution is -0.140. The second-order valence-electron chi connectivity index (χ2n) is 8.96. The molecule has 2 aromatic heterocycles. The maximum absolute atomic E-state index is 13.7. The minimum Gasteiger partial charge on any atom is -0.457 e. The van der Waals surface area contributed by atoms with Gasteiger partial charge < -0.3 is 29.8 Å². The van der Waals surface area contributed by atoms with Crippen molar-refractivity contribution in [2.75, 3.05) is 6.79 Å². The number of benzene rings is 2. The first-order valence-corrected chi connectivity index (χ1v) is 12.1. The largest absolute Gasteiger partial charge is 0.457 e. The normalized spacial score (nSPS) is 16.3. The van der Waals surface area contributed by atoms with Gasteiger partial charge in [0.2, 0.25) is 6.79 Å². The van der Waals surface area contributed by atoms with E-state index < -0.39 is 23.9 Å². The van der Waals surface area contributed by atoms with E-state index in [2.05, 4.69) is 20.6 Å². The maximum Gasteiger partial charge on any atom is 0.338 e. The van der Waals surface area contributed by atoms with Gasteiger partial charge in [-0.3, -0.25) is 0 Å². The molecule has 0 aliphatic carbocycles. The van der Waals surface area contributed by atoms with E-state index in [1.807, 2.05) is 24.3 Å². The zero-order valence-corrected chi connectivity index (χ0v) is 20.1. The highest BCUT2D eigenvalue weighted by Crippen LogP contribution is 2.35. The van der Waals surface area contributed by atoms with Crippen LogP contribution in [0.5, 0.6) is 11.5 Å². The van der Waals surface area contributed by atoms with Crippen LogP contribution >= 0.6 is 0 Å². The third-order valence-electron chi connectivity index (χ3n) is 6.53. The first-order valence-electron chi connectivity index (χ1n) is 12.1. The number of nitrogens with one attached hydrogen (secondary N) is 3. The number of aromatic amines is 1. The Morgan fingerprint density at radius 3 is 2.84 bits per heavy atom. The third kappa shape index (κ3) is 4.63. The van der Waals surface area contributed by atoms with Gasteiger partial charge in [0.15, 0.2) is 11.5 Å². The van der Waals surface area contributed by atoms with Crippen LogP contribution in [0.4, 0.5) is 9.18 Å². The quantitative estimate of drug-likeness (QED) is 0.315. The van der Waals surface area contributed by atoms with Crippen molar-refractivity contribution in [1.82, 2.24) is 20.6 Å². The number of amides is 2. The fraction of sp³-hybridized carbons (Fsp3) is 0.179. The molecule has 2 amide bonds. The van der Waals surface area contributed by atoms with Crippen LogP contribution in [0.15, 0.2) is 78.3 Å². The Morgan fingerprint density at radius 2 is 1.95 bits per heavy atom. The fourth-order valence-corrected chi connectivity index (χ4v) is 4.72. The van der Waals surface area contributed by atoms with Crippen molar-refractivity contribution in [2.45, 2.75) is 25.5 Å². The third-order valence-corrected chi connectivity index (χ3v) is 6.53. The first-order chi connectivity index (χ1) is 18.5. The number of carbonyl (C=O) groups is 2. The Bertz CT molecular complexity index is 1580. The molecule has 0 spiro atoms. The molecular formula is C28H23FN4O5. The standard InChI is InChI=1S/C28H23FN4O5/c29-18-4-1-3-17(11-18)14-36-27(34)24-21(8-6-16-7-9-22-23(12-16)38-15-37-22)32-28(35)33-25(24)20-13-31-26-19(20)5-2-10-30-26/h1-5,7,9-13,25H,6,8,14-15H2,(H,30,31)(H2,32,33,35). The van der Waals surface area contributed by atoms with E-state index in [9.17, 15) is 14.0 Å². The van der Waals surface area contributed by atoms with Crippen LogP contribution in [-0.4, -0.2) is 28.8 Å². The van der Waals surface area contributed by atoms with Crippen molar-refractivity contribution in [3.8, 4) is 11.5 Å². The first kappa shape index (κ1) is 23.5. The van der Waals surface area contributed by atoms with E-state index in [0.717, 1.165) is 10.9 Å². The molecule has 0 saturated carbocycles. The molecule has 9 nitrogen and oxygen atoms in total. The van der Waals surface area contributed by atoms with E-state index in [4.69, 9.17) is 14.2 Å². The number of aromatic nitrogens is 2. The van der Waals surface area contributed by atoms with E-state index in [-0.39, 0.29) is 19.0 Å². The van der Waals surface area contributed by atoms with Gasteiger partial charge >= 0.3 is 12.0 Å². The van der Waals surface area contributed by atoms with E-state index in [1.165, 1.54) is 12.1 Å². The summed E-state index contributed by atoms with van der Waals surface area (Å²) in [6, 6.07) is 13.9. The number of carbonyl (C=O) groups excluding carboxylic acids is 2. The van der Waals surface area contributed by atoms with Crippen molar-refractivity contribution in [2.24, 2.45) is 0 Å². The van der Waals surface area contributed by atoms with Crippen molar-refractivity contribution in [3.05, 3.63) is 101 Å². The Labute approximate surface area is 216 Å². The van der Waals surface area contributed by atoms with Gasteiger partial charge in [-0.05, 0) is 60.4 Å². The van der Waals surface area contributed by atoms with Gasteiger partial charge in [0.05, 0.1) is 11.6 Å². The lowest BCUT2D eigenvalue weighted by Gasteiger charge is -2.29. The predicted molar refractivity (Wildman–Crippen MR) is 135 cm³/mol. The predicted octanol–water partition coefficient (Wildman–Crippen LogP) is 4.41. The highest BCUT2D eigenvalue weighted by atomic mass is 19.1. The number of H-pyrrole nitrogens is 1. The Morgan fingerprint density at radius 1 is 1.05 bits per heavy atom. The smallest absolute Gasteiger partial charge is 0.338 e. The molecule has 0 bridgehead atoms. The van der Waals surface area contributed by atoms with Crippen LogP contribution in [0.25, 0.3) is 11.0 Å². The summed E-state index contributed by atoms with van der Waals surface area (Å²) in [4.78, 5) is 33.7. The number of rotatable bonds is 7. The SMILES string of the molecule is O=C1NC(CCc2ccc3c(c2)OCO3)=C(C(=O)OCc2cccc(F)c2)C(c2c[nH]c3ncccc23)N1. The van der Waals surface area contributed by atoms with Crippen LogP contribution in [0, 0.1) is 5.82 Å². The summed E-state index contributed by atoms with van der Waals surface area (Å²) in [5, 5.41) is 6.43. The van der Waals surface area contributed by atoms with E-state index in [1.54, 1.807) is 30.6 Å². The Kier molecular flexibility index (Phi) is 6.12. The number of halogens is 1. The Balaban J connectivity index is 1.34. The number of allylic oxidation sites excluding steroid dienone is 1. The molecular weight excluding hydrogens is 491 g/mol. The van der Waals surface area contributed by atoms with Gasteiger partial charge in [0.1, 0.15) is 18.1 Å². The average molecular weight is 515 g/mol. The van der Waals surface area contributed by atoms with Crippen LogP contribution < -0.4 is 20.1 Å². The summed E-state index contributed by atoms with van der Waals surface area (Å²) in [5.74, 6) is 0.297. The summed E-state index contributed by atoms with van der Waals surface area (Å²) < 4.78 is 30.1. The summed E-state index contributed by atoms with van der Waals surface area (Å²) >= 11 is 0. The van der Waals surface area contributed by atoms with Crippen molar-refractivity contribution < 1.29 is 28.2 Å². The number of fused-ring (bicyclic) bond motifs is 2. The van der Waals surface area contributed by atoms with Gasteiger partial charge in [-0.1, -0.05) is 18.2 Å². The molecule has 3 N–H and O–H groups in total. The summed E-state index contributed by atoms with van der Waals surface area (Å²) in [7, 11) is 0. The zero-order valence-electron chi connectivity index (χ0n) is 20.1. The van der Waals surface area contributed by atoms with Gasteiger partial charge in [-0.25, -0.2) is 19.0 Å². The molecule has 38 heavy (non-hydrogen) atoms. The highest BCUT2D eigenvalue weighted by Gasteiger charge is 2.35. The summed E-state index contributed by atoms with van der Waals surface area (Å²) in [5.41, 5.74) is 3.49. The second kappa shape index (κ2) is 9.89. The second-order valence-corrected chi connectivity index (χ2v) is 8.96. The van der Waals surface area contributed by atoms with Crippen molar-refractivity contribution >= 4 is 23.0 Å².